The number of piperazine rings is 1. The number of nitrogens with zero attached hydrogens (tertiary/aromatic N) is 3. The first-order valence-electron chi connectivity index (χ1n) is 9.55. The van der Waals surface area contributed by atoms with E-state index < -0.39 is 0 Å². The molecule has 1 amide bonds. The average Bonchev–Trinajstić information content (AvgIpc) is 2.64. The molecule has 0 radical (unpaired) electrons. The van der Waals surface area contributed by atoms with Crippen LogP contribution >= 0.6 is 23.2 Å². The summed E-state index contributed by atoms with van der Waals surface area (Å²) in [4.78, 5) is 19.9. The van der Waals surface area contributed by atoms with Crippen molar-refractivity contribution in [2.24, 2.45) is 0 Å². The summed E-state index contributed by atoms with van der Waals surface area (Å²) in [7, 11) is 4.10. The Labute approximate surface area is 167 Å². The Balaban J connectivity index is 1.75. The third-order valence-electron chi connectivity index (χ3n) is 6.00. The lowest BCUT2D eigenvalue weighted by molar-refractivity contribution is -0.00432. The molecule has 1 aliphatic heterocycles. The lowest BCUT2D eigenvalue weighted by atomic mass is 9.79. The highest BCUT2D eigenvalue weighted by Gasteiger charge is 2.40. The molecule has 1 saturated heterocycles. The summed E-state index contributed by atoms with van der Waals surface area (Å²) in [6.07, 6.45) is 6.16. The Morgan fingerprint density at radius 2 is 1.73 bits per heavy atom. The van der Waals surface area contributed by atoms with Crippen LogP contribution in [0.3, 0.4) is 0 Å². The Hall–Kier alpha value is -0.810. The fourth-order valence-corrected chi connectivity index (χ4v) is 4.73. The second kappa shape index (κ2) is 8.47. The minimum atomic E-state index is 0.0163. The Morgan fingerprint density at radius 1 is 1.08 bits per heavy atom. The smallest absolute Gasteiger partial charge is 0.253 e. The topological polar surface area (TPSA) is 26.8 Å². The zero-order valence-corrected chi connectivity index (χ0v) is 17.3. The first kappa shape index (κ1) is 19.9. The summed E-state index contributed by atoms with van der Waals surface area (Å²) >= 11 is 12.1. The van der Waals surface area contributed by atoms with Gasteiger partial charge in [-0.25, -0.2) is 0 Å². The number of benzene rings is 1. The molecule has 0 bridgehead atoms. The van der Waals surface area contributed by atoms with E-state index in [1.165, 1.54) is 32.1 Å². The number of likely N-dealkylation sites (N-methyl/N-ethyl adjacent to an activating group) is 2. The largest absolute Gasteiger partial charge is 0.340 e. The molecule has 1 saturated carbocycles. The molecule has 0 atom stereocenters. The van der Waals surface area contributed by atoms with Crippen LogP contribution in [0.15, 0.2) is 18.2 Å². The first-order chi connectivity index (χ1) is 12.4. The van der Waals surface area contributed by atoms with Gasteiger partial charge in [0.15, 0.2) is 0 Å². The zero-order valence-electron chi connectivity index (χ0n) is 15.8. The fourth-order valence-electron chi connectivity index (χ4n) is 4.43. The molecule has 2 fully saturated rings. The van der Waals surface area contributed by atoms with E-state index in [4.69, 9.17) is 23.2 Å². The normalized spacial score (nSPS) is 21.5. The van der Waals surface area contributed by atoms with Crippen molar-refractivity contribution < 1.29 is 4.79 Å². The molecule has 1 aromatic carbocycles. The molecule has 1 aromatic rings. The fraction of sp³-hybridized carbons (Fsp3) is 0.650. The second-order valence-electron chi connectivity index (χ2n) is 7.87. The third kappa shape index (κ3) is 4.36. The van der Waals surface area contributed by atoms with Gasteiger partial charge < -0.3 is 9.80 Å². The molecule has 4 nitrogen and oxygen atoms in total. The highest BCUT2D eigenvalue weighted by molar-refractivity contribution is 6.42. The van der Waals surface area contributed by atoms with Crippen LogP contribution in [0, 0.1) is 0 Å². The van der Waals surface area contributed by atoms with Crippen LogP contribution in [0.5, 0.6) is 0 Å². The Kier molecular flexibility index (Phi) is 6.50. The Bertz CT molecular complexity index is 638. The predicted molar refractivity (Wildman–Crippen MR) is 108 cm³/mol. The Morgan fingerprint density at radius 3 is 2.35 bits per heavy atom. The molecule has 26 heavy (non-hydrogen) atoms. The molecule has 1 heterocycles. The van der Waals surface area contributed by atoms with Crippen LogP contribution in [-0.4, -0.2) is 73.0 Å². The third-order valence-corrected chi connectivity index (χ3v) is 6.74. The molecule has 2 aliphatic rings. The standard InChI is InChI=1S/C20H29Cl2N3O/c1-23-10-12-25(13-11-23)20(8-4-3-5-9-20)15-24(2)19(26)16-6-7-17(21)18(22)14-16/h6-7,14H,3-5,8-13,15H2,1-2H3. The van der Waals surface area contributed by atoms with Crippen molar-refractivity contribution in [3.8, 4) is 0 Å². The molecule has 6 heteroatoms. The molecule has 1 aliphatic carbocycles. The molecule has 3 rings (SSSR count). The maximum Gasteiger partial charge on any atom is 0.253 e. The summed E-state index contributed by atoms with van der Waals surface area (Å²) in [6, 6.07) is 5.13. The monoisotopic (exact) mass is 397 g/mol. The SMILES string of the molecule is CN1CCN(C2(CN(C)C(=O)c3ccc(Cl)c(Cl)c3)CCCCC2)CC1. The van der Waals surface area contributed by atoms with Gasteiger partial charge in [-0.15, -0.1) is 0 Å². The summed E-state index contributed by atoms with van der Waals surface area (Å²) < 4.78 is 0. The van der Waals surface area contributed by atoms with Crippen LogP contribution < -0.4 is 0 Å². The van der Waals surface area contributed by atoms with Gasteiger partial charge in [0.25, 0.3) is 5.91 Å². The van der Waals surface area contributed by atoms with E-state index in [9.17, 15) is 4.79 Å². The van der Waals surface area contributed by atoms with E-state index in [-0.39, 0.29) is 11.4 Å². The van der Waals surface area contributed by atoms with Gasteiger partial charge in [-0.05, 0) is 38.1 Å². The lowest BCUT2D eigenvalue weighted by Crippen LogP contribution is -2.61. The van der Waals surface area contributed by atoms with Crippen LogP contribution in [0.25, 0.3) is 0 Å². The van der Waals surface area contributed by atoms with Gasteiger partial charge >= 0.3 is 0 Å². The molecular formula is C20H29Cl2N3O. The summed E-state index contributed by atoms with van der Waals surface area (Å²) in [5.74, 6) is 0.0163. The minimum absolute atomic E-state index is 0.0163. The number of hydrogen-bond acceptors (Lipinski definition) is 3. The first-order valence-corrected chi connectivity index (χ1v) is 10.3. The van der Waals surface area contributed by atoms with Gasteiger partial charge in [-0.1, -0.05) is 42.5 Å². The van der Waals surface area contributed by atoms with Crippen molar-refractivity contribution in [1.29, 1.82) is 0 Å². The number of carbonyl (C=O) groups is 1. The van der Waals surface area contributed by atoms with Crippen LogP contribution in [0.4, 0.5) is 0 Å². The number of halogens is 2. The number of carbonyl (C=O) groups excluding carboxylic acids is 1. The van der Waals surface area contributed by atoms with Gasteiger partial charge in [0.05, 0.1) is 10.0 Å². The lowest BCUT2D eigenvalue weighted by Gasteiger charge is -2.51. The maximum atomic E-state index is 13.0. The number of hydrogen-bond donors (Lipinski definition) is 0. The average molecular weight is 398 g/mol. The zero-order chi connectivity index (χ0) is 18.7. The predicted octanol–water partition coefficient (Wildman–Crippen LogP) is 4.02. The molecule has 0 spiro atoms. The van der Waals surface area contributed by atoms with Crippen molar-refractivity contribution in [3.05, 3.63) is 33.8 Å². The quantitative estimate of drug-likeness (QED) is 0.767. The molecule has 0 N–H and O–H groups in total. The van der Waals surface area contributed by atoms with E-state index >= 15 is 0 Å². The van der Waals surface area contributed by atoms with Crippen molar-refractivity contribution >= 4 is 29.1 Å². The maximum absolute atomic E-state index is 13.0. The minimum Gasteiger partial charge on any atom is -0.340 e. The van der Waals surface area contributed by atoms with Gasteiger partial charge in [0.2, 0.25) is 0 Å². The molecule has 0 aromatic heterocycles. The summed E-state index contributed by atoms with van der Waals surface area (Å²) in [6.45, 7) is 5.16. The molecule has 144 valence electrons. The van der Waals surface area contributed by atoms with Gasteiger partial charge in [-0.3, -0.25) is 9.69 Å². The van der Waals surface area contributed by atoms with Gasteiger partial charge in [0, 0.05) is 50.9 Å². The highest BCUT2D eigenvalue weighted by Crippen LogP contribution is 2.35. The number of amides is 1. The van der Waals surface area contributed by atoms with Crippen LogP contribution in [-0.2, 0) is 0 Å². The van der Waals surface area contributed by atoms with E-state index in [1.54, 1.807) is 18.2 Å². The summed E-state index contributed by atoms with van der Waals surface area (Å²) in [5.41, 5.74) is 0.714. The summed E-state index contributed by atoms with van der Waals surface area (Å²) in [5, 5.41) is 0.907. The van der Waals surface area contributed by atoms with Crippen molar-refractivity contribution in [1.82, 2.24) is 14.7 Å². The van der Waals surface area contributed by atoms with Gasteiger partial charge in [0.1, 0.15) is 0 Å². The number of rotatable bonds is 4. The van der Waals surface area contributed by atoms with Crippen molar-refractivity contribution in [3.63, 3.8) is 0 Å². The van der Waals surface area contributed by atoms with Gasteiger partial charge in [-0.2, -0.15) is 0 Å². The van der Waals surface area contributed by atoms with E-state index in [0.29, 0.717) is 15.6 Å². The van der Waals surface area contributed by atoms with Crippen LogP contribution in [0.1, 0.15) is 42.5 Å². The van der Waals surface area contributed by atoms with Crippen molar-refractivity contribution in [2.45, 2.75) is 37.6 Å². The second-order valence-corrected chi connectivity index (χ2v) is 8.68. The highest BCUT2D eigenvalue weighted by atomic mass is 35.5. The van der Waals surface area contributed by atoms with E-state index in [1.807, 2.05) is 11.9 Å². The van der Waals surface area contributed by atoms with E-state index in [0.717, 1.165) is 32.7 Å². The molecular weight excluding hydrogens is 369 g/mol. The van der Waals surface area contributed by atoms with Crippen LogP contribution in [0.2, 0.25) is 10.0 Å². The van der Waals surface area contributed by atoms with E-state index in [2.05, 4.69) is 16.8 Å². The van der Waals surface area contributed by atoms with Crippen molar-refractivity contribution in [2.75, 3.05) is 46.8 Å². The molecule has 0 unspecified atom stereocenters.